The molecule has 3 heteroatoms. The summed E-state index contributed by atoms with van der Waals surface area (Å²) >= 11 is 0. The molecular formula is C17H12O3. The van der Waals surface area contributed by atoms with Gasteiger partial charge in [0, 0.05) is 5.39 Å². The van der Waals surface area contributed by atoms with Gasteiger partial charge in [-0.25, -0.2) is 4.79 Å². The Labute approximate surface area is 114 Å². The van der Waals surface area contributed by atoms with Crippen molar-refractivity contribution < 1.29 is 8.83 Å². The molecule has 4 aromatic rings. The third kappa shape index (κ3) is 1.43. The van der Waals surface area contributed by atoms with Gasteiger partial charge in [-0.2, -0.15) is 0 Å². The summed E-state index contributed by atoms with van der Waals surface area (Å²) in [6.45, 7) is 3.96. The Hall–Kier alpha value is -2.55. The summed E-state index contributed by atoms with van der Waals surface area (Å²) in [6.07, 6.45) is 0. The third-order valence-electron chi connectivity index (χ3n) is 3.63. The van der Waals surface area contributed by atoms with Crippen LogP contribution in [0.25, 0.3) is 32.9 Å². The molecule has 0 amide bonds. The zero-order valence-corrected chi connectivity index (χ0v) is 11.2. The van der Waals surface area contributed by atoms with Crippen molar-refractivity contribution in [2.75, 3.05) is 0 Å². The number of fused-ring (bicyclic) bond motifs is 5. The van der Waals surface area contributed by atoms with Gasteiger partial charge >= 0.3 is 5.63 Å². The van der Waals surface area contributed by atoms with Crippen molar-refractivity contribution >= 4 is 32.9 Å². The second-order valence-electron chi connectivity index (χ2n) is 5.19. The molecule has 0 saturated carbocycles. The number of hydrogen-bond donors (Lipinski definition) is 0. The molecule has 0 aliphatic heterocycles. The van der Waals surface area contributed by atoms with Crippen LogP contribution < -0.4 is 5.63 Å². The van der Waals surface area contributed by atoms with Crippen LogP contribution in [0.4, 0.5) is 0 Å². The van der Waals surface area contributed by atoms with E-state index < -0.39 is 0 Å². The molecule has 0 N–H and O–H groups in total. The van der Waals surface area contributed by atoms with Crippen molar-refractivity contribution in [1.82, 2.24) is 0 Å². The van der Waals surface area contributed by atoms with Crippen molar-refractivity contribution in [3.05, 3.63) is 57.9 Å². The zero-order valence-electron chi connectivity index (χ0n) is 11.2. The maximum atomic E-state index is 12.2. The lowest BCUT2D eigenvalue weighted by Crippen LogP contribution is -1.98. The summed E-state index contributed by atoms with van der Waals surface area (Å²) in [5, 5.41) is 2.16. The van der Waals surface area contributed by atoms with Gasteiger partial charge in [-0.1, -0.05) is 12.1 Å². The molecule has 2 heterocycles. The van der Waals surface area contributed by atoms with Crippen LogP contribution in [0.3, 0.4) is 0 Å². The first kappa shape index (κ1) is 11.3. The van der Waals surface area contributed by atoms with E-state index in [1.165, 1.54) is 0 Å². The van der Waals surface area contributed by atoms with Gasteiger partial charge in [0.25, 0.3) is 0 Å². The van der Waals surface area contributed by atoms with Crippen molar-refractivity contribution in [2.45, 2.75) is 13.8 Å². The quantitative estimate of drug-likeness (QED) is 0.444. The van der Waals surface area contributed by atoms with Gasteiger partial charge in [-0.05, 0) is 49.2 Å². The Morgan fingerprint density at radius 3 is 2.10 bits per heavy atom. The summed E-state index contributed by atoms with van der Waals surface area (Å²) in [5.41, 5.74) is 3.70. The molecule has 0 aliphatic rings. The lowest BCUT2D eigenvalue weighted by molar-refractivity contribution is 0.566. The molecule has 2 aromatic heterocycles. The van der Waals surface area contributed by atoms with E-state index in [0.717, 1.165) is 27.5 Å². The summed E-state index contributed by atoms with van der Waals surface area (Å²) in [4.78, 5) is 12.2. The Morgan fingerprint density at radius 1 is 0.800 bits per heavy atom. The first-order chi connectivity index (χ1) is 9.63. The Morgan fingerprint density at radius 2 is 1.40 bits per heavy atom. The van der Waals surface area contributed by atoms with Crippen LogP contribution in [0, 0.1) is 13.8 Å². The average Bonchev–Trinajstić information content (AvgIpc) is 2.77. The minimum atomic E-state index is -0.347. The molecule has 4 rings (SSSR count). The molecule has 0 aliphatic carbocycles. The molecule has 0 fully saturated rings. The fourth-order valence-corrected chi connectivity index (χ4v) is 2.65. The highest BCUT2D eigenvalue weighted by Crippen LogP contribution is 2.32. The molecule has 0 unspecified atom stereocenters. The maximum absolute atomic E-state index is 12.2. The van der Waals surface area contributed by atoms with E-state index >= 15 is 0 Å². The molecule has 0 spiro atoms. The lowest BCUT2D eigenvalue weighted by atomic mass is 10.1. The van der Waals surface area contributed by atoms with E-state index in [1.807, 2.05) is 50.2 Å². The van der Waals surface area contributed by atoms with Gasteiger partial charge in [0.2, 0.25) is 0 Å². The molecule has 20 heavy (non-hydrogen) atoms. The predicted octanol–water partition coefficient (Wildman–Crippen LogP) is 4.31. The summed E-state index contributed by atoms with van der Waals surface area (Å²) < 4.78 is 11.3. The van der Waals surface area contributed by atoms with Crippen molar-refractivity contribution in [2.24, 2.45) is 0 Å². The van der Waals surface area contributed by atoms with Crippen LogP contribution in [0.2, 0.25) is 0 Å². The number of rotatable bonds is 0. The molecule has 0 saturated heterocycles. The fraction of sp³-hybridized carbons (Fsp3) is 0.118. The Balaban J connectivity index is 2.32. The van der Waals surface area contributed by atoms with Crippen LogP contribution in [0.15, 0.2) is 50.0 Å². The highest BCUT2D eigenvalue weighted by atomic mass is 16.4. The maximum Gasteiger partial charge on any atom is 0.348 e. The molecule has 0 bridgehead atoms. The van der Waals surface area contributed by atoms with Gasteiger partial charge in [-0.15, -0.1) is 0 Å². The van der Waals surface area contributed by atoms with E-state index in [0.29, 0.717) is 16.6 Å². The number of furan rings is 1. The molecule has 0 radical (unpaired) electrons. The fourth-order valence-electron chi connectivity index (χ4n) is 2.65. The van der Waals surface area contributed by atoms with Crippen LogP contribution in [-0.2, 0) is 0 Å². The standard InChI is InChI=1S/C17H12O3/c1-9-3-5-11-13(7-9)19-16-12-6-4-10(2)8-14(12)20-17(18)15(11)16/h3-8H,1-2H3. The molecule has 98 valence electrons. The smallest absolute Gasteiger partial charge is 0.348 e. The highest BCUT2D eigenvalue weighted by Gasteiger charge is 2.15. The van der Waals surface area contributed by atoms with Crippen LogP contribution >= 0.6 is 0 Å². The lowest BCUT2D eigenvalue weighted by Gasteiger charge is -1.98. The van der Waals surface area contributed by atoms with E-state index in [2.05, 4.69) is 0 Å². The second-order valence-corrected chi connectivity index (χ2v) is 5.19. The second kappa shape index (κ2) is 3.73. The summed E-state index contributed by atoms with van der Waals surface area (Å²) in [5.74, 6) is 0. The predicted molar refractivity (Wildman–Crippen MR) is 79.2 cm³/mol. The van der Waals surface area contributed by atoms with E-state index in [-0.39, 0.29) is 5.63 Å². The summed E-state index contributed by atoms with van der Waals surface area (Å²) in [6, 6.07) is 11.6. The zero-order chi connectivity index (χ0) is 13.9. The van der Waals surface area contributed by atoms with E-state index in [4.69, 9.17) is 8.83 Å². The number of hydrogen-bond acceptors (Lipinski definition) is 3. The highest BCUT2D eigenvalue weighted by molar-refractivity contribution is 6.12. The molecule has 2 aromatic carbocycles. The molecular weight excluding hydrogens is 252 g/mol. The molecule has 0 atom stereocenters. The molecule has 3 nitrogen and oxygen atoms in total. The normalized spacial score (nSPS) is 11.7. The topological polar surface area (TPSA) is 43.4 Å². The number of benzene rings is 2. The minimum absolute atomic E-state index is 0.347. The third-order valence-corrected chi connectivity index (χ3v) is 3.63. The van der Waals surface area contributed by atoms with Gasteiger partial charge in [-0.3, -0.25) is 0 Å². The largest absolute Gasteiger partial charge is 0.455 e. The first-order valence-electron chi connectivity index (χ1n) is 6.50. The van der Waals surface area contributed by atoms with Gasteiger partial charge in [0.15, 0.2) is 5.58 Å². The van der Waals surface area contributed by atoms with Crippen molar-refractivity contribution in [3.63, 3.8) is 0 Å². The summed E-state index contributed by atoms with van der Waals surface area (Å²) in [7, 11) is 0. The Bertz CT molecular complexity index is 1030. The SMILES string of the molecule is Cc1ccc2c(c1)oc(=O)c1c3ccc(C)cc3oc21. The van der Waals surface area contributed by atoms with Crippen LogP contribution in [-0.4, -0.2) is 0 Å². The van der Waals surface area contributed by atoms with E-state index in [1.54, 1.807) is 0 Å². The average molecular weight is 264 g/mol. The van der Waals surface area contributed by atoms with Gasteiger partial charge in [0.1, 0.15) is 16.6 Å². The van der Waals surface area contributed by atoms with Crippen molar-refractivity contribution in [1.29, 1.82) is 0 Å². The van der Waals surface area contributed by atoms with Crippen molar-refractivity contribution in [3.8, 4) is 0 Å². The van der Waals surface area contributed by atoms with E-state index in [9.17, 15) is 4.79 Å². The first-order valence-corrected chi connectivity index (χ1v) is 6.50. The number of aryl methyl sites for hydroxylation is 2. The van der Waals surface area contributed by atoms with Crippen LogP contribution in [0.1, 0.15) is 11.1 Å². The van der Waals surface area contributed by atoms with Crippen LogP contribution in [0.5, 0.6) is 0 Å². The minimum Gasteiger partial charge on any atom is -0.455 e. The monoisotopic (exact) mass is 264 g/mol. The Kier molecular flexibility index (Phi) is 2.11. The van der Waals surface area contributed by atoms with Gasteiger partial charge in [0.05, 0.1) is 5.39 Å². The van der Waals surface area contributed by atoms with Gasteiger partial charge < -0.3 is 8.83 Å².